The number of carbonyl (C=O) groups excluding carboxylic acids is 1. The molecule has 2 nitrogen and oxygen atoms in total. The van der Waals surface area contributed by atoms with E-state index in [4.69, 9.17) is 5.73 Å². The van der Waals surface area contributed by atoms with Crippen molar-refractivity contribution in [1.82, 2.24) is 0 Å². The molecule has 0 spiro atoms. The lowest BCUT2D eigenvalue weighted by Gasteiger charge is -2.46. The minimum Gasteiger partial charge on any atom is -0.366 e. The third-order valence-corrected chi connectivity index (χ3v) is 4.98. The minimum atomic E-state index is -0.271. The normalized spacial score (nSPS) is 31.0. The van der Waals surface area contributed by atoms with E-state index < -0.39 is 0 Å². The molecule has 0 atom stereocenters. The van der Waals surface area contributed by atoms with Crippen LogP contribution >= 0.6 is 0 Å². The number of primary amides is 1. The molecule has 2 saturated carbocycles. The van der Waals surface area contributed by atoms with Crippen molar-refractivity contribution in [3.05, 3.63) is 35.4 Å². The third-order valence-electron chi connectivity index (χ3n) is 4.98. The Morgan fingerprint density at radius 1 is 1.17 bits per heavy atom. The van der Waals surface area contributed by atoms with E-state index in [0.29, 0.717) is 0 Å². The van der Waals surface area contributed by atoms with Crippen LogP contribution in [0.3, 0.4) is 0 Å². The molecule has 2 aliphatic carbocycles. The zero-order valence-corrected chi connectivity index (χ0v) is 10.8. The Labute approximate surface area is 109 Å². The van der Waals surface area contributed by atoms with Crippen LogP contribution in [0.25, 0.3) is 0 Å². The quantitative estimate of drug-likeness (QED) is 0.850. The van der Waals surface area contributed by atoms with E-state index in [-0.39, 0.29) is 11.3 Å². The molecule has 0 aliphatic heterocycles. The van der Waals surface area contributed by atoms with Crippen molar-refractivity contribution in [2.75, 3.05) is 0 Å². The standard InChI is InChI=1S/C16H21NO/c17-15(18)13-7-1-2-8-14(13)16-9-3-5-12(11-16)6-4-10-16/h1-2,7-8,12H,3-6,9-11H2,(H2,17,18). The van der Waals surface area contributed by atoms with Crippen molar-refractivity contribution < 1.29 is 4.79 Å². The van der Waals surface area contributed by atoms with Crippen LogP contribution in [0, 0.1) is 5.92 Å². The molecule has 0 unspecified atom stereocenters. The van der Waals surface area contributed by atoms with Gasteiger partial charge in [-0.1, -0.05) is 43.9 Å². The second-order valence-corrected chi connectivity index (χ2v) is 6.04. The van der Waals surface area contributed by atoms with Crippen LogP contribution in [0.5, 0.6) is 0 Å². The number of rotatable bonds is 2. The van der Waals surface area contributed by atoms with E-state index in [1.54, 1.807) is 0 Å². The van der Waals surface area contributed by atoms with Crippen LogP contribution in [0.1, 0.15) is 60.9 Å². The summed E-state index contributed by atoms with van der Waals surface area (Å²) in [5.74, 6) is 0.598. The van der Waals surface area contributed by atoms with Crippen LogP contribution in [0.2, 0.25) is 0 Å². The van der Waals surface area contributed by atoms with E-state index >= 15 is 0 Å². The lowest BCUT2D eigenvalue weighted by molar-refractivity contribution is 0.0990. The Morgan fingerprint density at radius 2 is 1.83 bits per heavy atom. The number of carbonyl (C=O) groups is 1. The van der Waals surface area contributed by atoms with Crippen molar-refractivity contribution >= 4 is 5.91 Å². The van der Waals surface area contributed by atoms with Crippen molar-refractivity contribution in [2.45, 2.75) is 50.4 Å². The van der Waals surface area contributed by atoms with Gasteiger partial charge in [0.15, 0.2) is 0 Å². The maximum atomic E-state index is 11.6. The Balaban J connectivity index is 2.05. The first-order chi connectivity index (χ1) is 8.71. The van der Waals surface area contributed by atoms with E-state index in [2.05, 4.69) is 12.1 Å². The number of benzene rings is 1. The van der Waals surface area contributed by atoms with Crippen LogP contribution in [-0.4, -0.2) is 5.91 Å². The summed E-state index contributed by atoms with van der Waals surface area (Å²) in [4.78, 5) is 11.6. The summed E-state index contributed by atoms with van der Waals surface area (Å²) in [6, 6.07) is 8.00. The van der Waals surface area contributed by atoms with Gasteiger partial charge in [-0.2, -0.15) is 0 Å². The summed E-state index contributed by atoms with van der Waals surface area (Å²) in [5.41, 5.74) is 7.77. The molecule has 1 amide bonds. The lowest BCUT2D eigenvalue weighted by Crippen LogP contribution is -2.38. The molecule has 0 aromatic heterocycles. The SMILES string of the molecule is NC(=O)c1ccccc1C12CCCC(CCC1)C2. The molecular weight excluding hydrogens is 222 g/mol. The smallest absolute Gasteiger partial charge is 0.248 e. The second-order valence-electron chi connectivity index (χ2n) is 6.04. The van der Waals surface area contributed by atoms with Gasteiger partial charge in [-0.15, -0.1) is 0 Å². The monoisotopic (exact) mass is 243 g/mol. The maximum Gasteiger partial charge on any atom is 0.248 e. The fourth-order valence-corrected chi connectivity index (χ4v) is 4.23. The van der Waals surface area contributed by atoms with Crippen molar-refractivity contribution in [1.29, 1.82) is 0 Å². The molecule has 1 aromatic rings. The van der Waals surface area contributed by atoms with Crippen LogP contribution in [0.4, 0.5) is 0 Å². The molecule has 1 aromatic carbocycles. The highest BCUT2D eigenvalue weighted by molar-refractivity contribution is 5.94. The van der Waals surface area contributed by atoms with Gasteiger partial charge in [0.25, 0.3) is 0 Å². The highest BCUT2D eigenvalue weighted by atomic mass is 16.1. The molecule has 2 aliphatic rings. The van der Waals surface area contributed by atoms with Gasteiger partial charge in [-0.3, -0.25) is 4.79 Å². The summed E-state index contributed by atoms with van der Waals surface area (Å²) < 4.78 is 0. The highest BCUT2D eigenvalue weighted by Crippen LogP contribution is 2.51. The summed E-state index contributed by atoms with van der Waals surface area (Å²) in [6.45, 7) is 0. The van der Waals surface area contributed by atoms with Gasteiger partial charge in [0, 0.05) is 5.56 Å². The fourth-order valence-electron chi connectivity index (χ4n) is 4.23. The minimum absolute atomic E-state index is 0.243. The average Bonchev–Trinajstić information content (AvgIpc) is 2.39. The van der Waals surface area contributed by atoms with Gasteiger partial charge >= 0.3 is 0 Å². The number of hydrogen-bond acceptors (Lipinski definition) is 1. The summed E-state index contributed by atoms with van der Waals surface area (Å²) in [5, 5.41) is 0. The third kappa shape index (κ3) is 1.84. The number of fused-ring (bicyclic) bond motifs is 2. The molecular formula is C16H21NO. The second kappa shape index (κ2) is 4.42. The summed E-state index contributed by atoms with van der Waals surface area (Å²) in [7, 11) is 0. The lowest BCUT2D eigenvalue weighted by atomic mass is 9.58. The van der Waals surface area contributed by atoms with E-state index in [9.17, 15) is 4.79 Å². The molecule has 2 N–H and O–H groups in total. The van der Waals surface area contributed by atoms with Crippen molar-refractivity contribution in [3.8, 4) is 0 Å². The molecule has 0 heterocycles. The molecule has 18 heavy (non-hydrogen) atoms. The molecule has 0 radical (unpaired) electrons. The van der Waals surface area contributed by atoms with E-state index in [1.165, 1.54) is 50.5 Å². The molecule has 0 saturated heterocycles. The first-order valence-corrected chi connectivity index (χ1v) is 7.11. The Kier molecular flexibility index (Phi) is 2.89. The average molecular weight is 243 g/mol. The summed E-state index contributed by atoms with van der Waals surface area (Å²) in [6.07, 6.45) is 9.08. The van der Waals surface area contributed by atoms with Crippen LogP contribution in [-0.2, 0) is 5.41 Å². The molecule has 3 rings (SSSR count). The van der Waals surface area contributed by atoms with Crippen LogP contribution in [0.15, 0.2) is 24.3 Å². The zero-order valence-electron chi connectivity index (χ0n) is 10.8. The topological polar surface area (TPSA) is 43.1 Å². The first-order valence-electron chi connectivity index (χ1n) is 7.11. The number of nitrogens with two attached hydrogens (primary N) is 1. The fraction of sp³-hybridized carbons (Fsp3) is 0.562. The van der Waals surface area contributed by atoms with Crippen LogP contribution < -0.4 is 5.73 Å². The predicted molar refractivity (Wildman–Crippen MR) is 72.4 cm³/mol. The Bertz CT molecular complexity index is 456. The molecule has 96 valence electrons. The van der Waals surface area contributed by atoms with Crippen molar-refractivity contribution in [3.63, 3.8) is 0 Å². The maximum absolute atomic E-state index is 11.6. The molecule has 2 bridgehead atoms. The van der Waals surface area contributed by atoms with Gasteiger partial charge in [-0.05, 0) is 42.2 Å². The predicted octanol–water partition coefficient (Wildman–Crippen LogP) is 3.40. The van der Waals surface area contributed by atoms with E-state index in [1.807, 2.05) is 12.1 Å². The Morgan fingerprint density at radius 3 is 2.50 bits per heavy atom. The summed E-state index contributed by atoms with van der Waals surface area (Å²) >= 11 is 0. The van der Waals surface area contributed by atoms with Gasteiger partial charge in [0.2, 0.25) is 5.91 Å². The van der Waals surface area contributed by atoms with Crippen molar-refractivity contribution in [2.24, 2.45) is 11.7 Å². The number of amides is 1. The first kappa shape index (κ1) is 11.8. The van der Waals surface area contributed by atoms with Gasteiger partial charge in [0.05, 0.1) is 0 Å². The molecule has 2 heteroatoms. The zero-order chi connectivity index (χ0) is 12.6. The largest absolute Gasteiger partial charge is 0.366 e. The number of hydrogen-bond donors (Lipinski definition) is 1. The Hall–Kier alpha value is -1.31. The van der Waals surface area contributed by atoms with E-state index in [0.717, 1.165) is 11.5 Å². The molecule has 2 fully saturated rings. The van der Waals surface area contributed by atoms with Gasteiger partial charge in [0.1, 0.15) is 0 Å². The van der Waals surface area contributed by atoms with Gasteiger partial charge < -0.3 is 5.73 Å². The van der Waals surface area contributed by atoms with Gasteiger partial charge in [-0.25, -0.2) is 0 Å². The highest BCUT2D eigenvalue weighted by Gasteiger charge is 2.41.